The number of nitrogens with zero attached hydrogens (tertiary/aromatic N) is 4. The molecule has 0 saturated carbocycles. The summed E-state index contributed by atoms with van der Waals surface area (Å²) in [5.41, 5.74) is -0.322. The number of halogens is 5. The second-order valence-corrected chi connectivity index (χ2v) is 5.85. The fraction of sp³-hybridized carbons (Fsp3) is 0.294. The highest BCUT2D eigenvalue weighted by atomic mass is 19.4. The minimum atomic E-state index is -4.74. The fourth-order valence-corrected chi connectivity index (χ4v) is 2.49. The summed E-state index contributed by atoms with van der Waals surface area (Å²) in [7, 11) is 1.29. The molecule has 3 aromatic heterocycles. The lowest BCUT2D eigenvalue weighted by Crippen LogP contribution is -2.16. The van der Waals surface area contributed by atoms with E-state index in [9.17, 15) is 26.7 Å². The number of rotatable bonds is 7. The van der Waals surface area contributed by atoms with Crippen LogP contribution in [0, 0.1) is 0 Å². The number of carbonyl (C=O) groups is 1. The van der Waals surface area contributed by atoms with Crippen molar-refractivity contribution < 1.29 is 36.2 Å². The number of anilines is 1. The lowest BCUT2D eigenvalue weighted by molar-refractivity contribution is -0.324. The van der Waals surface area contributed by atoms with Gasteiger partial charge in [-0.3, -0.25) is 13.9 Å². The average Bonchev–Trinajstić information content (AvgIpc) is 3.09. The second-order valence-electron chi connectivity index (χ2n) is 5.85. The largest absolute Gasteiger partial charge is 0.522 e. The molecule has 160 valence electrons. The van der Waals surface area contributed by atoms with Crippen LogP contribution < -0.4 is 10.1 Å². The number of hydrogen-bond acceptors (Lipinski definition) is 6. The van der Waals surface area contributed by atoms with Gasteiger partial charge in [-0.2, -0.15) is 4.98 Å². The van der Waals surface area contributed by atoms with E-state index in [-0.39, 0.29) is 35.2 Å². The van der Waals surface area contributed by atoms with Crippen LogP contribution in [0.1, 0.15) is 28.3 Å². The van der Waals surface area contributed by atoms with Gasteiger partial charge in [-0.25, -0.2) is 18.7 Å². The van der Waals surface area contributed by atoms with E-state index in [4.69, 9.17) is 4.74 Å². The second kappa shape index (κ2) is 8.57. The highest BCUT2D eigenvalue weighted by Crippen LogP contribution is 2.22. The number of amides is 1. The van der Waals surface area contributed by atoms with Crippen molar-refractivity contribution >= 4 is 17.4 Å². The average molecular weight is 431 g/mol. The van der Waals surface area contributed by atoms with Crippen molar-refractivity contribution in [3.8, 4) is 5.88 Å². The predicted molar refractivity (Wildman–Crippen MR) is 92.4 cm³/mol. The molecule has 30 heavy (non-hydrogen) atoms. The summed E-state index contributed by atoms with van der Waals surface area (Å²) in [5.74, 6) is -0.806. The number of aromatic nitrogens is 4. The van der Waals surface area contributed by atoms with Gasteiger partial charge in [0.2, 0.25) is 5.65 Å². The molecule has 0 saturated heterocycles. The normalized spacial score (nSPS) is 11.8. The smallest absolute Gasteiger partial charge is 0.478 e. The van der Waals surface area contributed by atoms with Crippen molar-refractivity contribution in [3.63, 3.8) is 0 Å². The molecule has 0 radical (unpaired) electrons. The maximum absolute atomic E-state index is 12.8. The van der Waals surface area contributed by atoms with E-state index < -0.39 is 31.0 Å². The van der Waals surface area contributed by atoms with E-state index in [2.05, 4.69) is 25.0 Å². The summed E-state index contributed by atoms with van der Waals surface area (Å²) < 4.78 is 72.1. The molecular formula is C17H14F5N5O3. The first kappa shape index (κ1) is 21.4. The first-order valence-corrected chi connectivity index (χ1v) is 8.36. The summed E-state index contributed by atoms with van der Waals surface area (Å²) in [6.07, 6.45) is -4.95. The third-order valence-corrected chi connectivity index (χ3v) is 3.74. The number of carbonyl (C=O) groups excluding carboxylic acids is 1. The Balaban J connectivity index is 1.81. The van der Waals surface area contributed by atoms with Crippen LogP contribution in [0.15, 0.2) is 30.6 Å². The zero-order valence-corrected chi connectivity index (χ0v) is 15.3. The predicted octanol–water partition coefficient (Wildman–Crippen LogP) is 3.40. The zero-order valence-electron chi connectivity index (χ0n) is 15.3. The van der Waals surface area contributed by atoms with Gasteiger partial charge in [-0.15, -0.1) is 13.2 Å². The van der Waals surface area contributed by atoms with Crippen LogP contribution in [-0.4, -0.2) is 45.3 Å². The number of methoxy groups -OCH3 is 1. The van der Waals surface area contributed by atoms with Crippen LogP contribution in [0.2, 0.25) is 0 Å². The Bertz CT molecular complexity index is 1050. The standard InChI is InChI=1S/C17H14F5N5O3/c1-29-16-14-23-9(5-6-30-17(20,21)22)7-27(14)8-12(26-16)25-15(28)11-4-2-3-10(24-11)13(18)19/h2-4,7-8,13H,5-6H2,1H3,(H,25,28). The molecule has 0 aliphatic heterocycles. The van der Waals surface area contributed by atoms with Gasteiger partial charge in [-0.05, 0) is 12.1 Å². The molecule has 0 fully saturated rings. The number of imidazole rings is 1. The Hall–Kier alpha value is -3.35. The van der Waals surface area contributed by atoms with E-state index in [0.717, 1.165) is 6.07 Å². The molecule has 0 atom stereocenters. The van der Waals surface area contributed by atoms with Gasteiger partial charge in [-0.1, -0.05) is 6.07 Å². The quantitative estimate of drug-likeness (QED) is 0.577. The molecule has 3 rings (SSSR count). The van der Waals surface area contributed by atoms with Crippen molar-refractivity contribution in [2.24, 2.45) is 0 Å². The Morgan fingerprint density at radius 1 is 1.20 bits per heavy atom. The molecule has 3 heterocycles. The highest BCUT2D eigenvalue weighted by Gasteiger charge is 2.28. The lowest BCUT2D eigenvalue weighted by Gasteiger charge is -2.08. The minimum absolute atomic E-state index is 0.00919. The molecular weight excluding hydrogens is 417 g/mol. The first-order valence-electron chi connectivity index (χ1n) is 8.36. The Morgan fingerprint density at radius 2 is 1.97 bits per heavy atom. The van der Waals surface area contributed by atoms with Crippen LogP contribution in [0.4, 0.5) is 27.8 Å². The molecule has 13 heteroatoms. The molecule has 3 aromatic rings. The maximum Gasteiger partial charge on any atom is 0.522 e. The molecule has 1 N–H and O–H groups in total. The van der Waals surface area contributed by atoms with Crippen molar-refractivity contribution in [1.29, 1.82) is 0 Å². The van der Waals surface area contributed by atoms with Crippen molar-refractivity contribution in [2.75, 3.05) is 19.0 Å². The first-order chi connectivity index (χ1) is 14.2. The van der Waals surface area contributed by atoms with Crippen LogP contribution in [0.3, 0.4) is 0 Å². The van der Waals surface area contributed by atoms with E-state index in [1.807, 2.05) is 0 Å². The summed E-state index contributed by atoms with van der Waals surface area (Å²) in [6.45, 7) is -0.626. The van der Waals surface area contributed by atoms with Gasteiger partial charge in [0, 0.05) is 12.6 Å². The topological polar surface area (TPSA) is 90.6 Å². The maximum atomic E-state index is 12.8. The van der Waals surface area contributed by atoms with Gasteiger partial charge in [0.05, 0.1) is 25.6 Å². The van der Waals surface area contributed by atoms with Crippen LogP contribution in [-0.2, 0) is 11.2 Å². The summed E-state index contributed by atoms with van der Waals surface area (Å²) in [6, 6.07) is 3.61. The van der Waals surface area contributed by atoms with Crippen LogP contribution in [0.25, 0.3) is 5.65 Å². The van der Waals surface area contributed by atoms with Gasteiger partial charge in [0.25, 0.3) is 18.2 Å². The van der Waals surface area contributed by atoms with Crippen molar-refractivity contribution in [1.82, 2.24) is 19.4 Å². The number of hydrogen-bond donors (Lipinski definition) is 1. The Labute approximate surface area is 165 Å². The monoisotopic (exact) mass is 431 g/mol. The van der Waals surface area contributed by atoms with Crippen molar-refractivity contribution in [2.45, 2.75) is 19.2 Å². The van der Waals surface area contributed by atoms with E-state index >= 15 is 0 Å². The molecule has 0 unspecified atom stereocenters. The van der Waals surface area contributed by atoms with Crippen molar-refractivity contribution in [3.05, 3.63) is 47.7 Å². The molecule has 0 spiro atoms. The van der Waals surface area contributed by atoms with Gasteiger partial charge in [0.1, 0.15) is 11.4 Å². The zero-order chi connectivity index (χ0) is 21.9. The third-order valence-electron chi connectivity index (χ3n) is 3.74. The Morgan fingerprint density at radius 3 is 2.63 bits per heavy atom. The van der Waals surface area contributed by atoms with Gasteiger partial charge >= 0.3 is 6.36 Å². The van der Waals surface area contributed by atoms with E-state index in [1.54, 1.807) is 0 Å². The van der Waals surface area contributed by atoms with Gasteiger partial charge < -0.3 is 10.1 Å². The molecule has 1 amide bonds. The third kappa shape index (κ3) is 5.17. The number of nitrogens with one attached hydrogen (secondary N) is 1. The molecule has 0 bridgehead atoms. The number of fused-ring (bicyclic) bond motifs is 1. The Kier molecular flexibility index (Phi) is 6.10. The number of pyridine rings is 1. The SMILES string of the molecule is COc1nc(NC(=O)c2cccc(C(F)F)n2)cn2cc(CCOC(F)(F)F)nc12. The number of ether oxygens (including phenoxy) is 2. The van der Waals surface area contributed by atoms with Gasteiger partial charge in [0.15, 0.2) is 5.82 Å². The minimum Gasteiger partial charge on any atom is -0.478 e. The van der Waals surface area contributed by atoms with Crippen LogP contribution in [0.5, 0.6) is 5.88 Å². The summed E-state index contributed by atoms with van der Waals surface area (Å²) in [4.78, 5) is 24.1. The van der Waals surface area contributed by atoms with E-state index in [0.29, 0.717) is 0 Å². The van der Waals surface area contributed by atoms with E-state index in [1.165, 1.54) is 36.0 Å². The fourth-order valence-electron chi connectivity index (χ4n) is 2.49. The molecule has 0 aromatic carbocycles. The molecule has 0 aliphatic carbocycles. The van der Waals surface area contributed by atoms with Crippen LogP contribution >= 0.6 is 0 Å². The highest BCUT2D eigenvalue weighted by molar-refractivity contribution is 6.02. The lowest BCUT2D eigenvalue weighted by atomic mass is 10.3. The number of alkyl halides is 5. The molecule has 0 aliphatic rings. The molecule has 8 nitrogen and oxygen atoms in total. The summed E-state index contributed by atoms with van der Waals surface area (Å²) >= 11 is 0. The summed E-state index contributed by atoms with van der Waals surface area (Å²) in [5, 5.41) is 2.40.